The molecule has 0 amide bonds. The molecule has 0 spiro atoms. The van der Waals surface area contributed by atoms with Gasteiger partial charge in [-0.3, -0.25) is 4.98 Å². The van der Waals surface area contributed by atoms with E-state index in [-0.39, 0.29) is 0 Å². The van der Waals surface area contributed by atoms with Crippen molar-refractivity contribution in [2.45, 2.75) is 0 Å². The molecule has 9 heavy (non-hydrogen) atoms. The maximum atomic E-state index is 8.36. The molecule has 0 aliphatic rings. The first-order valence-corrected chi connectivity index (χ1v) is 2.90. The van der Waals surface area contributed by atoms with E-state index in [0.717, 1.165) is 0 Å². The van der Waals surface area contributed by atoms with Gasteiger partial charge in [-0.15, -0.1) is 0 Å². The number of aromatic nitrogens is 1. The highest BCUT2D eigenvalue weighted by atomic mass is 28.1. The van der Waals surface area contributed by atoms with Gasteiger partial charge in [0.1, 0.15) is 0 Å². The molecule has 1 aromatic rings. The lowest BCUT2D eigenvalue weighted by Crippen LogP contribution is -2.06. The summed E-state index contributed by atoms with van der Waals surface area (Å²) in [5, 5.41) is 9.05. The maximum absolute atomic E-state index is 8.36. The molecule has 0 aliphatic heterocycles. The molecular weight excluding hydrogens is 128 g/mol. The highest BCUT2D eigenvalue weighted by molar-refractivity contribution is 6.30. The Morgan fingerprint density at radius 1 is 1.67 bits per heavy atom. The first-order chi connectivity index (χ1) is 4.33. The van der Waals surface area contributed by atoms with Gasteiger partial charge in [-0.25, -0.2) is 0 Å². The summed E-state index contributed by atoms with van der Waals surface area (Å²) in [7, 11) is 3.19. The maximum Gasteiger partial charge on any atom is 0.0995 e. The van der Waals surface area contributed by atoms with Crippen molar-refractivity contribution in [2.75, 3.05) is 0 Å². The van der Waals surface area contributed by atoms with Gasteiger partial charge in [-0.1, -0.05) is 0 Å². The Hall–Kier alpha value is -1.14. The Kier molecular flexibility index (Phi) is 1.61. The number of rotatable bonds is 0. The second-order valence-electron chi connectivity index (χ2n) is 1.54. The van der Waals surface area contributed by atoms with Gasteiger partial charge in [0.2, 0.25) is 0 Å². The smallest absolute Gasteiger partial charge is 0.0995 e. The molecule has 1 heterocycles. The normalized spacial score (nSPS) is 8.44. The lowest BCUT2D eigenvalue weighted by atomic mass is 10.3. The molecule has 0 bridgehead atoms. The van der Waals surface area contributed by atoms with Gasteiger partial charge >= 0.3 is 0 Å². The highest BCUT2D eigenvalue weighted by Crippen LogP contribution is 1.87. The third-order valence-electron chi connectivity index (χ3n) is 0.889. The van der Waals surface area contributed by atoms with Crippen LogP contribution in [0.2, 0.25) is 0 Å². The second kappa shape index (κ2) is 2.42. The van der Waals surface area contributed by atoms with Crippen molar-refractivity contribution in [3.8, 4) is 6.07 Å². The number of pyridine rings is 1. The van der Waals surface area contributed by atoms with Gasteiger partial charge in [-0.2, -0.15) is 5.26 Å². The Morgan fingerprint density at radius 2 is 2.44 bits per heavy atom. The van der Waals surface area contributed by atoms with E-state index >= 15 is 0 Å². The van der Waals surface area contributed by atoms with E-state index in [0.29, 0.717) is 10.9 Å². The molecule has 0 saturated carbocycles. The molecule has 41 valence electrons. The minimum atomic E-state index is 0.620. The summed E-state index contributed by atoms with van der Waals surface area (Å²) in [6, 6.07) is 5.32. The van der Waals surface area contributed by atoms with Crippen molar-refractivity contribution in [3.05, 3.63) is 23.9 Å². The number of hydrogen-bond acceptors (Lipinski definition) is 2. The van der Waals surface area contributed by atoms with Crippen molar-refractivity contribution in [3.63, 3.8) is 0 Å². The van der Waals surface area contributed by atoms with Crippen LogP contribution in [0.3, 0.4) is 0 Å². The van der Waals surface area contributed by atoms with E-state index in [4.69, 9.17) is 5.26 Å². The van der Waals surface area contributed by atoms with E-state index in [9.17, 15) is 0 Å². The lowest BCUT2D eigenvalue weighted by molar-refractivity contribution is 1.36. The summed E-state index contributed by atoms with van der Waals surface area (Å²) < 4.78 is 0. The number of hydrogen-bond donors (Lipinski definition) is 0. The zero-order valence-corrected chi connectivity index (χ0v) is 5.63. The van der Waals surface area contributed by atoms with Gasteiger partial charge in [0.05, 0.1) is 21.9 Å². The van der Waals surface area contributed by atoms with Gasteiger partial charge in [-0.05, 0) is 12.1 Å². The minimum absolute atomic E-state index is 0.620. The predicted molar refractivity (Wildman–Crippen MR) is 34.3 cm³/mol. The van der Waals surface area contributed by atoms with Crippen LogP contribution < -0.4 is 5.32 Å². The van der Waals surface area contributed by atoms with Crippen LogP contribution in [0.4, 0.5) is 0 Å². The molecule has 1 aromatic heterocycles. The van der Waals surface area contributed by atoms with Gasteiger partial charge in [0.15, 0.2) is 0 Å². The van der Waals surface area contributed by atoms with Crippen LogP contribution in [0.25, 0.3) is 0 Å². The first-order valence-electron chi connectivity index (χ1n) is 2.40. The van der Waals surface area contributed by atoms with Gasteiger partial charge in [0, 0.05) is 11.5 Å². The highest BCUT2D eigenvalue weighted by Gasteiger charge is 1.87. The summed E-state index contributed by atoms with van der Waals surface area (Å²) in [6.45, 7) is 0. The lowest BCUT2D eigenvalue weighted by Gasteiger charge is -1.87. The molecule has 0 aromatic carbocycles. The fourth-order valence-corrected chi connectivity index (χ4v) is 0.730. The monoisotopic (exact) mass is 131 g/mol. The predicted octanol–water partition coefficient (Wildman–Crippen LogP) is -0.253. The second-order valence-corrected chi connectivity index (χ2v) is 2.05. The number of nitriles is 1. The van der Waals surface area contributed by atoms with Crippen LogP contribution in [0.15, 0.2) is 18.3 Å². The molecule has 0 saturated heterocycles. The molecule has 0 unspecified atom stereocenters. The van der Waals surface area contributed by atoms with Crippen molar-refractivity contribution in [1.29, 1.82) is 5.26 Å². The Morgan fingerprint density at radius 3 is 2.89 bits per heavy atom. The summed E-state index contributed by atoms with van der Waals surface area (Å²) in [4.78, 5) is 3.85. The molecule has 0 aliphatic carbocycles. The SMILES string of the molecule is N#Cc1ccnc([Si])c1. The van der Waals surface area contributed by atoms with Gasteiger partial charge in [0.25, 0.3) is 0 Å². The molecule has 3 radical (unpaired) electrons. The zero-order chi connectivity index (χ0) is 6.69. The van der Waals surface area contributed by atoms with Crippen LogP contribution >= 0.6 is 0 Å². The fraction of sp³-hybridized carbons (Fsp3) is 0. The van der Waals surface area contributed by atoms with Crippen LogP contribution in [0.1, 0.15) is 5.56 Å². The Bertz CT molecular complexity index is 251. The molecular formula is C6H3N2Si. The number of nitrogens with zero attached hydrogens (tertiary/aromatic N) is 2. The third kappa shape index (κ3) is 1.37. The van der Waals surface area contributed by atoms with E-state index in [1.54, 1.807) is 18.3 Å². The minimum Gasteiger partial charge on any atom is -0.267 e. The standard InChI is InChI=1S/C6H3N2Si/c7-4-5-1-2-8-6(9)3-5/h1-3H. The van der Waals surface area contributed by atoms with E-state index in [1.807, 2.05) is 6.07 Å². The summed E-state index contributed by atoms with van der Waals surface area (Å²) in [5.41, 5.74) is 0.620. The molecule has 0 fully saturated rings. The van der Waals surface area contributed by atoms with Crippen molar-refractivity contribution in [1.82, 2.24) is 4.98 Å². The first kappa shape index (κ1) is 5.98. The summed E-state index contributed by atoms with van der Waals surface area (Å²) >= 11 is 0. The van der Waals surface area contributed by atoms with Gasteiger partial charge < -0.3 is 0 Å². The average molecular weight is 131 g/mol. The average Bonchev–Trinajstić information content (AvgIpc) is 1.88. The molecule has 2 nitrogen and oxygen atoms in total. The molecule has 0 atom stereocenters. The van der Waals surface area contributed by atoms with Crippen LogP contribution in [0.5, 0.6) is 0 Å². The van der Waals surface area contributed by atoms with Crippen molar-refractivity contribution < 1.29 is 0 Å². The largest absolute Gasteiger partial charge is 0.267 e. The summed E-state index contributed by atoms with van der Waals surface area (Å²) in [6.07, 6.45) is 1.58. The Balaban J connectivity index is 3.12. The molecule has 1 rings (SSSR count). The van der Waals surface area contributed by atoms with Crippen LogP contribution in [0, 0.1) is 11.3 Å². The zero-order valence-electron chi connectivity index (χ0n) is 4.63. The van der Waals surface area contributed by atoms with E-state index in [2.05, 4.69) is 15.2 Å². The van der Waals surface area contributed by atoms with Crippen LogP contribution in [-0.4, -0.2) is 15.2 Å². The van der Waals surface area contributed by atoms with Crippen LogP contribution in [-0.2, 0) is 0 Å². The Labute approximate surface area is 56.6 Å². The van der Waals surface area contributed by atoms with Crippen molar-refractivity contribution in [2.24, 2.45) is 0 Å². The van der Waals surface area contributed by atoms with Crippen molar-refractivity contribution >= 4 is 15.6 Å². The molecule has 0 N–H and O–H groups in total. The summed E-state index contributed by atoms with van der Waals surface area (Å²) in [5.74, 6) is 0. The fourth-order valence-electron chi connectivity index (χ4n) is 0.500. The third-order valence-corrected chi connectivity index (χ3v) is 1.16. The quantitative estimate of drug-likeness (QED) is 0.455. The topological polar surface area (TPSA) is 36.7 Å². The van der Waals surface area contributed by atoms with E-state index in [1.165, 1.54) is 0 Å². The van der Waals surface area contributed by atoms with E-state index < -0.39 is 0 Å². The molecule has 3 heteroatoms.